The van der Waals surface area contributed by atoms with Crippen molar-refractivity contribution < 1.29 is 13.2 Å². The SMILES string of the molecule is FC(F)(F)c1cc(NCc2csc(C3CC3)n2)nc(-c2ccncc2)n1. The van der Waals surface area contributed by atoms with Crippen molar-refractivity contribution >= 4 is 17.2 Å². The fourth-order valence-corrected chi connectivity index (χ4v) is 3.41. The van der Waals surface area contributed by atoms with Gasteiger partial charge in [0.15, 0.2) is 11.5 Å². The van der Waals surface area contributed by atoms with Crippen LogP contribution in [0.3, 0.4) is 0 Å². The largest absolute Gasteiger partial charge is 0.433 e. The van der Waals surface area contributed by atoms with Crippen molar-refractivity contribution in [2.75, 3.05) is 5.32 Å². The molecule has 1 saturated carbocycles. The van der Waals surface area contributed by atoms with E-state index in [1.807, 2.05) is 5.38 Å². The van der Waals surface area contributed by atoms with Crippen LogP contribution in [0.15, 0.2) is 36.0 Å². The van der Waals surface area contributed by atoms with Crippen molar-refractivity contribution in [2.45, 2.75) is 31.5 Å². The van der Waals surface area contributed by atoms with Crippen LogP contribution in [0.25, 0.3) is 11.4 Å². The van der Waals surface area contributed by atoms with Crippen LogP contribution < -0.4 is 5.32 Å². The summed E-state index contributed by atoms with van der Waals surface area (Å²) in [5.74, 6) is 0.671. The summed E-state index contributed by atoms with van der Waals surface area (Å²) >= 11 is 1.59. The second kappa shape index (κ2) is 6.64. The third kappa shape index (κ3) is 3.82. The van der Waals surface area contributed by atoms with Crippen LogP contribution in [0.2, 0.25) is 0 Å². The van der Waals surface area contributed by atoms with E-state index in [1.165, 1.54) is 12.4 Å². The van der Waals surface area contributed by atoms with Gasteiger partial charge < -0.3 is 5.32 Å². The summed E-state index contributed by atoms with van der Waals surface area (Å²) in [6.45, 7) is 0.313. The Bertz CT molecular complexity index is 906. The van der Waals surface area contributed by atoms with Gasteiger partial charge in [0.05, 0.1) is 17.2 Å². The van der Waals surface area contributed by atoms with E-state index < -0.39 is 11.9 Å². The molecule has 134 valence electrons. The lowest BCUT2D eigenvalue weighted by atomic mass is 10.2. The highest BCUT2D eigenvalue weighted by atomic mass is 32.1. The molecule has 1 aliphatic rings. The number of hydrogen-bond donors (Lipinski definition) is 1. The van der Waals surface area contributed by atoms with Crippen LogP contribution >= 0.6 is 11.3 Å². The molecule has 26 heavy (non-hydrogen) atoms. The molecule has 0 unspecified atom stereocenters. The number of aromatic nitrogens is 4. The van der Waals surface area contributed by atoms with Gasteiger partial charge >= 0.3 is 6.18 Å². The summed E-state index contributed by atoms with van der Waals surface area (Å²) < 4.78 is 39.6. The minimum atomic E-state index is -4.55. The summed E-state index contributed by atoms with van der Waals surface area (Å²) in [4.78, 5) is 16.2. The zero-order chi connectivity index (χ0) is 18.1. The molecule has 1 fully saturated rings. The van der Waals surface area contributed by atoms with Gasteiger partial charge in [-0.3, -0.25) is 4.98 Å². The van der Waals surface area contributed by atoms with Crippen molar-refractivity contribution in [1.82, 2.24) is 19.9 Å². The van der Waals surface area contributed by atoms with E-state index in [-0.39, 0.29) is 11.6 Å². The molecule has 0 aromatic carbocycles. The molecule has 3 aromatic heterocycles. The molecule has 0 amide bonds. The van der Waals surface area contributed by atoms with Gasteiger partial charge in [-0.15, -0.1) is 11.3 Å². The maximum atomic E-state index is 13.2. The number of thiazole rings is 1. The lowest BCUT2D eigenvalue weighted by Gasteiger charge is -2.11. The standard InChI is InChI=1S/C17H14F3N5S/c18-17(19,20)13-7-14(25-15(24-13)10-3-5-21-6-4-10)22-8-12-9-26-16(23-12)11-1-2-11/h3-7,9,11H,1-2,8H2,(H,22,24,25). The smallest absolute Gasteiger partial charge is 0.364 e. The first-order valence-corrected chi connectivity index (χ1v) is 8.92. The molecule has 4 rings (SSSR count). The third-order valence-electron chi connectivity index (χ3n) is 3.90. The molecule has 0 radical (unpaired) electrons. The van der Waals surface area contributed by atoms with Crippen molar-refractivity contribution in [3.05, 3.63) is 52.4 Å². The van der Waals surface area contributed by atoms with Crippen LogP contribution in [-0.4, -0.2) is 19.9 Å². The Hall–Kier alpha value is -2.55. The van der Waals surface area contributed by atoms with Gasteiger partial charge in [-0.1, -0.05) is 0 Å². The molecule has 3 aromatic rings. The normalized spacial score (nSPS) is 14.4. The molecule has 0 spiro atoms. The molecule has 1 aliphatic carbocycles. The number of nitrogens with one attached hydrogen (secondary N) is 1. The van der Waals surface area contributed by atoms with E-state index in [2.05, 4.69) is 25.3 Å². The van der Waals surface area contributed by atoms with E-state index in [4.69, 9.17) is 0 Å². The number of nitrogens with zero attached hydrogens (tertiary/aromatic N) is 4. The second-order valence-corrected chi connectivity index (χ2v) is 6.89. The van der Waals surface area contributed by atoms with Crippen LogP contribution in [0.4, 0.5) is 19.0 Å². The Morgan fingerprint density at radius 1 is 1.12 bits per heavy atom. The Morgan fingerprint density at radius 3 is 2.58 bits per heavy atom. The van der Waals surface area contributed by atoms with Crippen LogP contribution in [0.1, 0.15) is 35.2 Å². The topological polar surface area (TPSA) is 63.6 Å². The van der Waals surface area contributed by atoms with Crippen molar-refractivity contribution in [1.29, 1.82) is 0 Å². The fourth-order valence-electron chi connectivity index (χ4n) is 2.42. The molecule has 3 heterocycles. The highest BCUT2D eigenvalue weighted by Crippen LogP contribution is 2.41. The minimum Gasteiger partial charge on any atom is -0.364 e. The Kier molecular flexibility index (Phi) is 4.31. The van der Waals surface area contributed by atoms with Crippen LogP contribution in [-0.2, 0) is 12.7 Å². The molecule has 5 nitrogen and oxygen atoms in total. The summed E-state index contributed by atoms with van der Waals surface area (Å²) in [7, 11) is 0. The summed E-state index contributed by atoms with van der Waals surface area (Å²) in [5.41, 5.74) is 0.284. The van der Waals surface area contributed by atoms with Gasteiger partial charge in [-0.2, -0.15) is 13.2 Å². The molecule has 0 aliphatic heterocycles. The quantitative estimate of drug-likeness (QED) is 0.709. The molecular weight excluding hydrogens is 363 g/mol. The van der Waals surface area contributed by atoms with E-state index >= 15 is 0 Å². The Morgan fingerprint density at radius 2 is 1.88 bits per heavy atom. The lowest BCUT2D eigenvalue weighted by Crippen LogP contribution is -2.12. The number of anilines is 1. The summed E-state index contributed by atoms with van der Waals surface area (Å²) in [5, 5.41) is 5.96. The molecule has 1 N–H and O–H groups in total. The van der Waals surface area contributed by atoms with Crippen molar-refractivity contribution in [3.8, 4) is 11.4 Å². The molecule has 9 heteroatoms. The number of pyridine rings is 1. The first kappa shape index (κ1) is 16.9. The van der Waals surface area contributed by atoms with Gasteiger partial charge in [0.1, 0.15) is 5.82 Å². The van der Waals surface area contributed by atoms with E-state index in [0.717, 1.165) is 29.6 Å². The lowest BCUT2D eigenvalue weighted by molar-refractivity contribution is -0.141. The van der Waals surface area contributed by atoms with Gasteiger partial charge in [0.25, 0.3) is 0 Å². The van der Waals surface area contributed by atoms with Gasteiger partial charge in [-0.05, 0) is 25.0 Å². The highest BCUT2D eigenvalue weighted by Gasteiger charge is 2.34. The zero-order valence-electron chi connectivity index (χ0n) is 13.5. The van der Waals surface area contributed by atoms with Crippen molar-refractivity contribution in [3.63, 3.8) is 0 Å². The van der Waals surface area contributed by atoms with Gasteiger partial charge in [0.2, 0.25) is 0 Å². The van der Waals surface area contributed by atoms with E-state index in [0.29, 0.717) is 18.0 Å². The molecule has 0 bridgehead atoms. The predicted octanol–water partition coefficient (Wildman–Crippen LogP) is 4.50. The van der Waals surface area contributed by atoms with Crippen LogP contribution in [0.5, 0.6) is 0 Å². The molecular formula is C17H14F3N5S. The van der Waals surface area contributed by atoms with Crippen LogP contribution in [0, 0.1) is 0 Å². The van der Waals surface area contributed by atoms with Crippen molar-refractivity contribution in [2.24, 2.45) is 0 Å². The average Bonchev–Trinajstić information content (AvgIpc) is 3.38. The highest BCUT2D eigenvalue weighted by molar-refractivity contribution is 7.09. The molecule has 0 atom stereocenters. The first-order valence-electron chi connectivity index (χ1n) is 8.04. The van der Waals surface area contributed by atoms with Gasteiger partial charge in [0, 0.05) is 35.3 Å². The number of halogens is 3. The van der Waals surface area contributed by atoms with E-state index in [9.17, 15) is 13.2 Å². The fraction of sp³-hybridized carbons (Fsp3) is 0.294. The summed E-state index contributed by atoms with van der Waals surface area (Å²) in [6.07, 6.45) is 0.746. The number of rotatable bonds is 5. The Labute approximate surface area is 151 Å². The van der Waals surface area contributed by atoms with Gasteiger partial charge in [-0.25, -0.2) is 15.0 Å². The number of hydrogen-bond acceptors (Lipinski definition) is 6. The minimum absolute atomic E-state index is 0.00155. The Balaban J connectivity index is 1.59. The summed E-state index contributed by atoms with van der Waals surface area (Å²) in [6, 6.07) is 4.06. The first-order chi connectivity index (χ1) is 12.5. The maximum absolute atomic E-state index is 13.2. The third-order valence-corrected chi connectivity index (χ3v) is 4.96. The molecule has 0 saturated heterocycles. The maximum Gasteiger partial charge on any atom is 0.433 e. The van der Waals surface area contributed by atoms with E-state index in [1.54, 1.807) is 23.5 Å². The zero-order valence-corrected chi connectivity index (χ0v) is 14.3. The average molecular weight is 377 g/mol. The number of alkyl halides is 3. The monoisotopic (exact) mass is 377 g/mol. The predicted molar refractivity (Wildman–Crippen MR) is 91.7 cm³/mol. The second-order valence-electron chi connectivity index (χ2n) is 6.00.